The lowest BCUT2D eigenvalue weighted by Gasteiger charge is -2.20. The highest BCUT2D eigenvalue weighted by molar-refractivity contribution is 8.03. The minimum atomic E-state index is -4.25. The molecule has 0 unspecified atom stereocenters. The number of fused-ring (bicyclic) bond motifs is 2. The highest BCUT2D eigenvalue weighted by Crippen LogP contribution is 2.46. The molecule has 5 rings (SSSR count). The maximum atomic E-state index is 11.2. The number of rotatable bonds is 6. The van der Waals surface area contributed by atoms with Gasteiger partial charge in [-0.25, -0.2) is 13.4 Å². The first kappa shape index (κ1) is 22.6. The van der Waals surface area contributed by atoms with Crippen molar-refractivity contribution in [3.8, 4) is 11.4 Å². The van der Waals surface area contributed by atoms with Gasteiger partial charge in [-0.2, -0.15) is 4.57 Å². The van der Waals surface area contributed by atoms with Crippen LogP contribution in [0.4, 0.5) is 5.69 Å². The molecule has 9 heteroatoms. The first-order valence-electron chi connectivity index (χ1n) is 10.9. The summed E-state index contributed by atoms with van der Waals surface area (Å²) in [4.78, 5) is 7.78. The van der Waals surface area contributed by atoms with Crippen LogP contribution in [0.1, 0.15) is 12.1 Å². The molecule has 0 atom stereocenters. The van der Waals surface area contributed by atoms with E-state index in [2.05, 4.69) is 44.8 Å². The van der Waals surface area contributed by atoms with Crippen LogP contribution in [0.5, 0.6) is 0 Å². The first-order chi connectivity index (χ1) is 16.3. The van der Waals surface area contributed by atoms with Crippen LogP contribution in [0.2, 0.25) is 0 Å². The molecule has 0 radical (unpaired) electrons. The van der Waals surface area contributed by atoms with Crippen molar-refractivity contribution in [2.24, 2.45) is 14.1 Å². The average Bonchev–Trinajstić information content (AvgIpc) is 3.38. The minimum Gasteiger partial charge on any atom is -0.748 e. The molecule has 0 amide bonds. The molecule has 2 aromatic carbocycles. The van der Waals surface area contributed by atoms with Crippen LogP contribution >= 0.6 is 11.8 Å². The zero-order chi connectivity index (χ0) is 23.9. The van der Waals surface area contributed by atoms with Gasteiger partial charge in [0, 0.05) is 60.4 Å². The number of anilines is 1. The molecule has 2 aromatic heterocycles. The molecule has 34 heavy (non-hydrogen) atoms. The zero-order valence-corrected chi connectivity index (χ0v) is 20.5. The summed E-state index contributed by atoms with van der Waals surface area (Å²) in [6.07, 6.45) is 6.12. The van der Waals surface area contributed by atoms with Gasteiger partial charge >= 0.3 is 0 Å². The van der Waals surface area contributed by atoms with E-state index in [-0.39, 0.29) is 12.2 Å². The van der Waals surface area contributed by atoms with E-state index < -0.39 is 10.1 Å². The Labute approximate surface area is 203 Å². The van der Waals surface area contributed by atoms with E-state index in [1.54, 1.807) is 18.0 Å². The van der Waals surface area contributed by atoms with Crippen molar-refractivity contribution in [2.75, 3.05) is 17.2 Å². The highest BCUT2D eigenvalue weighted by atomic mass is 32.2. The van der Waals surface area contributed by atoms with Gasteiger partial charge in [0.1, 0.15) is 12.9 Å². The van der Waals surface area contributed by atoms with E-state index >= 15 is 0 Å². The summed E-state index contributed by atoms with van der Waals surface area (Å²) in [7, 11) is -0.228. The van der Waals surface area contributed by atoms with Gasteiger partial charge in [-0.15, -0.1) is 0 Å². The fraction of sp³-hybridized carbons (Fsp3) is 0.200. The number of hydrogen-bond donors (Lipinski definition) is 0. The Morgan fingerprint density at radius 3 is 2.68 bits per heavy atom. The largest absolute Gasteiger partial charge is 0.748 e. The molecule has 0 spiro atoms. The summed E-state index contributed by atoms with van der Waals surface area (Å²) in [6, 6.07) is 18.4. The van der Waals surface area contributed by atoms with Gasteiger partial charge in [-0.05, 0) is 24.6 Å². The minimum absolute atomic E-state index is 0.264. The van der Waals surface area contributed by atoms with Crippen LogP contribution in [-0.2, 0) is 24.2 Å². The van der Waals surface area contributed by atoms with Crippen molar-refractivity contribution < 1.29 is 17.5 Å². The van der Waals surface area contributed by atoms with Crippen molar-refractivity contribution in [1.29, 1.82) is 0 Å². The SMILES string of the molecule is Cn1ccnc1-c1cc(/C=C2/Sc3ccccc3N2CCCS(=O)(=O)[O-])[n+](C)c2ccccc12. The first-order valence-corrected chi connectivity index (χ1v) is 13.3. The highest BCUT2D eigenvalue weighted by Gasteiger charge is 2.27. The number of hydrogen-bond acceptors (Lipinski definition) is 6. The molecular weight excluding hydrogens is 468 g/mol. The van der Waals surface area contributed by atoms with Gasteiger partial charge in [0.2, 0.25) is 11.2 Å². The van der Waals surface area contributed by atoms with Crippen molar-refractivity contribution >= 4 is 44.5 Å². The summed E-state index contributed by atoms with van der Waals surface area (Å²) >= 11 is 1.64. The second-order valence-electron chi connectivity index (χ2n) is 8.24. The predicted molar refractivity (Wildman–Crippen MR) is 134 cm³/mol. The number of nitrogens with zero attached hydrogens (tertiary/aromatic N) is 4. The Kier molecular flexibility index (Phi) is 5.93. The van der Waals surface area contributed by atoms with Crippen LogP contribution in [0.3, 0.4) is 0 Å². The second-order valence-corrected chi connectivity index (χ2v) is 10.8. The van der Waals surface area contributed by atoms with E-state index in [9.17, 15) is 13.0 Å². The zero-order valence-electron chi connectivity index (χ0n) is 18.9. The summed E-state index contributed by atoms with van der Waals surface area (Å²) in [5.74, 6) is 0.507. The van der Waals surface area contributed by atoms with Gasteiger partial charge in [0.05, 0.1) is 26.2 Å². The molecule has 0 saturated carbocycles. The molecule has 0 aliphatic carbocycles. The summed E-state index contributed by atoms with van der Waals surface area (Å²) in [6.45, 7) is 0.445. The lowest BCUT2D eigenvalue weighted by molar-refractivity contribution is -0.646. The lowest BCUT2D eigenvalue weighted by Crippen LogP contribution is -2.33. The number of aromatic nitrogens is 3. The normalized spacial score (nSPS) is 14.8. The third kappa shape index (κ3) is 4.34. The van der Waals surface area contributed by atoms with E-state index in [1.165, 1.54) is 0 Å². The molecule has 3 heterocycles. The second kappa shape index (κ2) is 8.90. The number of imidazole rings is 1. The van der Waals surface area contributed by atoms with Crippen LogP contribution in [0.15, 0.2) is 76.9 Å². The van der Waals surface area contributed by atoms with Crippen molar-refractivity contribution in [3.63, 3.8) is 0 Å². The molecule has 1 aliphatic rings. The van der Waals surface area contributed by atoms with E-state index in [0.717, 1.165) is 43.6 Å². The summed E-state index contributed by atoms with van der Waals surface area (Å²) < 4.78 is 37.7. The van der Waals surface area contributed by atoms with Crippen molar-refractivity contribution in [3.05, 3.63) is 77.7 Å². The average molecular weight is 493 g/mol. The number of para-hydroxylation sites is 2. The molecule has 0 saturated heterocycles. The Bertz CT molecular complexity index is 1530. The van der Waals surface area contributed by atoms with Crippen LogP contribution < -0.4 is 9.47 Å². The van der Waals surface area contributed by atoms with Crippen LogP contribution in [0, 0.1) is 0 Å². The molecule has 4 aromatic rings. The maximum Gasteiger partial charge on any atom is 0.213 e. The Balaban J connectivity index is 1.62. The summed E-state index contributed by atoms with van der Waals surface area (Å²) in [5, 5.41) is 2.10. The Hall–Kier alpha value is -3.14. The monoisotopic (exact) mass is 492 g/mol. The number of benzene rings is 2. The van der Waals surface area contributed by atoms with Gasteiger partial charge < -0.3 is 14.0 Å². The predicted octanol–water partition coefficient (Wildman–Crippen LogP) is 3.91. The van der Waals surface area contributed by atoms with Gasteiger partial charge in [-0.3, -0.25) is 0 Å². The summed E-state index contributed by atoms with van der Waals surface area (Å²) in [5.41, 5.74) is 4.14. The maximum absolute atomic E-state index is 11.2. The standard InChI is InChI=1S/C25H24N4O3S2/c1-27-14-12-26-25(27)20-16-18(28(2)21-9-4-3-8-19(20)21)17-24-29(13-7-15-34(30,31)32)22-10-5-6-11-23(22)33-24/h3-6,8-12,14,16-17H,7,13,15H2,1-2H3. The molecule has 7 nitrogen and oxygen atoms in total. The fourth-order valence-corrected chi connectivity index (χ4v) is 5.94. The molecular formula is C25H24N4O3S2. The third-order valence-corrected chi connectivity index (χ3v) is 7.88. The van der Waals surface area contributed by atoms with Crippen LogP contribution in [0.25, 0.3) is 28.4 Å². The van der Waals surface area contributed by atoms with Crippen molar-refractivity contribution in [1.82, 2.24) is 9.55 Å². The molecule has 174 valence electrons. The lowest BCUT2D eigenvalue weighted by atomic mass is 10.1. The molecule has 0 fully saturated rings. The third-order valence-electron chi connectivity index (χ3n) is 5.98. The van der Waals surface area contributed by atoms with Gasteiger partial charge in [0.25, 0.3) is 0 Å². The van der Waals surface area contributed by atoms with Gasteiger partial charge in [0.15, 0.2) is 0 Å². The number of thioether (sulfide) groups is 1. The van der Waals surface area contributed by atoms with Gasteiger partial charge in [-0.1, -0.05) is 36.0 Å². The number of aryl methyl sites for hydroxylation is 2. The van der Waals surface area contributed by atoms with Crippen molar-refractivity contribution in [2.45, 2.75) is 11.3 Å². The quantitative estimate of drug-likeness (QED) is 0.300. The van der Waals surface area contributed by atoms with E-state index in [1.807, 2.05) is 55.2 Å². The molecule has 0 bridgehead atoms. The Morgan fingerprint density at radius 2 is 1.91 bits per heavy atom. The number of pyridine rings is 1. The topological polar surface area (TPSA) is 82.1 Å². The van der Waals surface area contributed by atoms with E-state index in [4.69, 9.17) is 0 Å². The Morgan fingerprint density at radius 1 is 1.15 bits per heavy atom. The smallest absolute Gasteiger partial charge is 0.213 e. The molecule has 0 N–H and O–H groups in total. The fourth-order valence-electron chi connectivity index (χ4n) is 4.32. The van der Waals surface area contributed by atoms with Crippen LogP contribution in [-0.4, -0.2) is 34.8 Å². The van der Waals surface area contributed by atoms with E-state index in [0.29, 0.717) is 6.54 Å². The molecule has 1 aliphatic heterocycles.